The molecule has 6 heavy (non-hydrogen) atoms. The number of rotatable bonds is 0. The summed E-state index contributed by atoms with van der Waals surface area (Å²) in [5, 5.41) is 14.8. The molecule has 0 fully saturated rings. The minimum absolute atomic E-state index is 1.06. The Kier molecular flexibility index (Phi) is 14.8. The second kappa shape index (κ2) is 9.11. The molecule has 0 bridgehead atoms. The number of nitrogens with zero attached hydrogens (tertiary/aromatic N) is 1. The van der Waals surface area contributed by atoms with Gasteiger partial charge in [-0.05, 0) is 0 Å². The molecule has 0 unspecified atom stereocenters. The Labute approximate surface area is 61.6 Å². The molecule has 6 heteroatoms. The van der Waals surface area contributed by atoms with Gasteiger partial charge in [-0.2, -0.15) is 0 Å². The van der Waals surface area contributed by atoms with Crippen molar-refractivity contribution in [1.82, 2.24) is 0 Å². The van der Waals surface area contributed by atoms with Crippen LogP contribution in [0.1, 0.15) is 0 Å². The van der Waals surface area contributed by atoms with Crippen LogP contribution in [0.4, 0.5) is 0 Å². The van der Waals surface area contributed by atoms with Crippen LogP contribution in [0.15, 0.2) is 0 Å². The van der Waals surface area contributed by atoms with E-state index in [1.807, 2.05) is 0 Å². The van der Waals surface area contributed by atoms with E-state index in [0.717, 1.165) is 40.0 Å². The van der Waals surface area contributed by atoms with Gasteiger partial charge in [-0.3, -0.25) is 0 Å². The van der Waals surface area contributed by atoms with E-state index >= 15 is 0 Å². The summed E-state index contributed by atoms with van der Waals surface area (Å²) in [7, 11) is 0. The van der Waals surface area contributed by atoms with Crippen LogP contribution in [0.3, 0.4) is 0 Å². The van der Waals surface area contributed by atoms with Gasteiger partial charge >= 0.3 is 41.7 Å². The second-order valence-electron chi connectivity index (χ2n) is 0.224. The van der Waals surface area contributed by atoms with E-state index in [-0.39, 0.29) is 0 Å². The summed E-state index contributed by atoms with van der Waals surface area (Å²) in [6, 6.07) is 0. The summed E-state index contributed by atoms with van der Waals surface area (Å²) in [4.78, 5) is 8.25. The van der Waals surface area contributed by atoms with Crippen molar-refractivity contribution < 1.29 is 46.8 Å². The SMILES string of the molecule is O=[N+]([O-])[O-].[NH3+][Ce]. The minimum atomic E-state index is -1.75. The normalized spacial score (nSPS) is 4.67. The molecule has 0 aromatic heterocycles. The third-order valence-electron chi connectivity index (χ3n) is 0. The number of hydrogen-bond acceptors (Lipinski definition) is 3. The Bertz CT molecular complexity index is 31.8. The molecule has 0 aromatic carbocycles. The topological polar surface area (TPSA) is 93.8 Å². The van der Waals surface area contributed by atoms with Crippen LogP contribution in [0.25, 0.3) is 0 Å². The fraction of sp³-hybridized carbons (Fsp3) is 0. The van der Waals surface area contributed by atoms with Gasteiger partial charge < -0.3 is 15.3 Å². The molecule has 0 radical (unpaired) electrons. The predicted molar refractivity (Wildman–Crippen MR) is 13.2 cm³/mol. The zero-order valence-corrected chi connectivity index (χ0v) is 6.02. The first kappa shape index (κ1) is 9.74. The van der Waals surface area contributed by atoms with Gasteiger partial charge in [-0.25, -0.2) is 0 Å². The Hall–Kier alpha value is 0.537. The molecule has 0 aliphatic rings. The van der Waals surface area contributed by atoms with Gasteiger partial charge in [-0.1, -0.05) is 0 Å². The molecule has 5 nitrogen and oxygen atoms in total. The zero-order valence-electron chi connectivity index (χ0n) is 2.88. The van der Waals surface area contributed by atoms with E-state index in [1.165, 1.54) is 0 Å². The number of quaternary nitrogens is 1. The van der Waals surface area contributed by atoms with Crippen molar-refractivity contribution in [3.63, 3.8) is 0 Å². The molecule has 0 saturated heterocycles. The van der Waals surface area contributed by atoms with Crippen molar-refractivity contribution in [2.45, 2.75) is 0 Å². The van der Waals surface area contributed by atoms with Crippen molar-refractivity contribution in [3.8, 4) is 0 Å². The Morgan fingerprint density at radius 3 is 1.50 bits per heavy atom. The molecular formula is H3CeN2O3. The number of hydrogen-bond donors (Lipinski definition) is 1. The van der Waals surface area contributed by atoms with E-state index in [1.54, 1.807) is 0 Å². The van der Waals surface area contributed by atoms with E-state index < -0.39 is 5.09 Å². The van der Waals surface area contributed by atoms with Crippen LogP contribution < -0.4 is 1.70 Å². The first-order chi connectivity index (χ1) is 2.73. The van der Waals surface area contributed by atoms with E-state index in [4.69, 9.17) is 15.3 Å². The van der Waals surface area contributed by atoms with Crippen LogP contribution in [-0.4, -0.2) is 5.09 Å². The fourth-order valence-corrected chi connectivity index (χ4v) is 0. The first-order valence-corrected chi connectivity index (χ1v) is 3.12. The zero-order chi connectivity index (χ0) is 5.58. The molecular weight excluding hydrogens is 216 g/mol. The van der Waals surface area contributed by atoms with Crippen LogP contribution >= 0.6 is 0 Å². The van der Waals surface area contributed by atoms with Crippen molar-refractivity contribution in [2.24, 2.45) is 0 Å². The van der Waals surface area contributed by atoms with Gasteiger partial charge in [0.25, 0.3) is 0 Å². The fourth-order valence-electron chi connectivity index (χ4n) is 0. The van der Waals surface area contributed by atoms with Gasteiger partial charge in [0.05, 0.1) is 5.09 Å². The molecule has 0 spiro atoms. The molecule has 0 atom stereocenters. The van der Waals surface area contributed by atoms with Crippen molar-refractivity contribution in [1.29, 1.82) is 0 Å². The van der Waals surface area contributed by atoms with Crippen molar-refractivity contribution in [2.75, 3.05) is 0 Å². The summed E-state index contributed by atoms with van der Waals surface area (Å²) in [5.74, 6) is 0. The first-order valence-electron chi connectivity index (χ1n) is 0.901. The van der Waals surface area contributed by atoms with Gasteiger partial charge in [0.15, 0.2) is 0 Å². The van der Waals surface area contributed by atoms with Gasteiger partial charge in [0.2, 0.25) is 0 Å². The Morgan fingerprint density at radius 2 is 1.50 bits per heavy atom. The van der Waals surface area contributed by atoms with Crippen LogP contribution in [0, 0.1) is 55.4 Å². The Morgan fingerprint density at radius 1 is 1.50 bits per heavy atom. The Balaban J connectivity index is 0. The maximum absolute atomic E-state index is 8.25. The second-order valence-corrected chi connectivity index (χ2v) is 0.224. The van der Waals surface area contributed by atoms with E-state index in [9.17, 15) is 0 Å². The third kappa shape index (κ3) is 197. The molecule has 35 valence electrons. The molecule has 0 aliphatic carbocycles. The summed E-state index contributed by atoms with van der Waals surface area (Å²) >= 11 is 1.06. The van der Waals surface area contributed by atoms with Crippen LogP contribution in [0.5, 0.6) is 0 Å². The average Bonchev–Trinajstić information content (AvgIpc) is 1.41. The molecule has 0 heterocycles. The van der Waals surface area contributed by atoms with Gasteiger partial charge in [0.1, 0.15) is 0 Å². The molecule has 0 rings (SSSR count). The monoisotopic (exact) mass is 219 g/mol. The quantitative estimate of drug-likeness (QED) is 0.395. The molecule has 0 aliphatic heterocycles. The summed E-state index contributed by atoms with van der Waals surface area (Å²) < 4.78 is 3.39. The molecule has 0 saturated carbocycles. The molecule has 0 aromatic rings. The average molecular weight is 219 g/mol. The summed E-state index contributed by atoms with van der Waals surface area (Å²) in [6.07, 6.45) is 0. The molecule has 0 amide bonds. The third-order valence-corrected chi connectivity index (χ3v) is 0. The van der Waals surface area contributed by atoms with Crippen molar-refractivity contribution >= 4 is 0 Å². The van der Waals surface area contributed by atoms with Crippen molar-refractivity contribution in [3.05, 3.63) is 15.3 Å². The molecule has 3 N–H and O–H groups in total. The van der Waals surface area contributed by atoms with Crippen LogP contribution in [0.2, 0.25) is 0 Å². The standard InChI is InChI=1S/Ce.NO3.H3N/c;2-1(3)4;/h;;1H3/q+1;-1;. The van der Waals surface area contributed by atoms with E-state index in [2.05, 4.69) is 1.70 Å². The van der Waals surface area contributed by atoms with Gasteiger partial charge in [0, 0.05) is 0 Å². The van der Waals surface area contributed by atoms with Gasteiger partial charge in [-0.15, -0.1) is 0 Å². The predicted octanol–water partition coefficient (Wildman–Crippen LogP) is -1.55. The van der Waals surface area contributed by atoms with Crippen LogP contribution in [-0.2, 0) is 0 Å². The maximum atomic E-state index is 8.25. The summed E-state index contributed by atoms with van der Waals surface area (Å²) in [5.41, 5.74) is 0. The van der Waals surface area contributed by atoms with E-state index in [0.29, 0.717) is 0 Å². The summed E-state index contributed by atoms with van der Waals surface area (Å²) in [6.45, 7) is 0.